The summed E-state index contributed by atoms with van der Waals surface area (Å²) >= 11 is 1.81. The van der Waals surface area contributed by atoms with Crippen LogP contribution >= 0.6 is 20.2 Å². The van der Waals surface area contributed by atoms with Crippen molar-refractivity contribution in [2.24, 2.45) is 0 Å². The van der Waals surface area contributed by atoms with Crippen LogP contribution in [-0.2, 0) is 0 Å². The van der Waals surface area contributed by atoms with Gasteiger partial charge in [0, 0.05) is 0 Å². The molecule has 0 radical (unpaired) electrons. The molecule has 0 rings (SSSR count). The fourth-order valence-electron chi connectivity index (χ4n) is 4.70. The summed E-state index contributed by atoms with van der Waals surface area (Å²) in [5.41, 5.74) is 0. The summed E-state index contributed by atoms with van der Waals surface area (Å²) in [6, 6.07) is 0. The summed E-state index contributed by atoms with van der Waals surface area (Å²) in [6.07, 6.45) is 0. The molecule has 6 heteroatoms. The van der Waals surface area contributed by atoms with Crippen LogP contribution in [0.15, 0.2) is 0 Å². The summed E-state index contributed by atoms with van der Waals surface area (Å²) in [4.78, 5) is 0. The average Bonchev–Trinajstić information content (AvgIpc) is 1.88. The molecule has 0 fully saturated rings. The SMILES string of the molecule is C[Si](C)(C)[CH]([GeH]([I])[CH]([Si](C)(C)C)[Si](C)(C)C)[Si](C)(C)C. The van der Waals surface area contributed by atoms with Gasteiger partial charge in [-0.15, -0.1) is 0 Å². The van der Waals surface area contributed by atoms with Crippen molar-refractivity contribution < 1.29 is 0 Å². The van der Waals surface area contributed by atoms with Gasteiger partial charge in [-0.1, -0.05) is 0 Å². The van der Waals surface area contributed by atoms with Gasteiger partial charge in [-0.3, -0.25) is 0 Å². The molecule has 0 bridgehead atoms. The van der Waals surface area contributed by atoms with Gasteiger partial charge in [-0.05, 0) is 0 Å². The van der Waals surface area contributed by atoms with Crippen molar-refractivity contribution in [2.45, 2.75) is 86.6 Å². The molecule has 0 spiro atoms. The molecule has 0 N–H and O–H groups in total. The zero-order chi connectivity index (χ0) is 16.7. The molecule has 0 saturated heterocycles. The quantitative estimate of drug-likeness (QED) is 0.282. The molecule has 20 heavy (non-hydrogen) atoms. The van der Waals surface area contributed by atoms with Crippen molar-refractivity contribution in [3.63, 3.8) is 0 Å². The maximum absolute atomic E-state index is 3.09. The van der Waals surface area contributed by atoms with Crippen LogP contribution in [0.2, 0.25) is 86.6 Å². The Morgan fingerprint density at radius 3 is 0.750 bits per heavy atom. The molecule has 0 amide bonds. The molecule has 0 nitrogen and oxygen atoms in total. The minimum absolute atomic E-state index is 1.02. The average molecular weight is 519 g/mol. The van der Waals surface area contributed by atoms with Gasteiger partial charge in [-0.25, -0.2) is 0 Å². The second kappa shape index (κ2) is 6.94. The summed E-state index contributed by atoms with van der Waals surface area (Å²) < 4.78 is 2.46. The van der Waals surface area contributed by atoms with Gasteiger partial charge in [0.15, 0.2) is 0 Å². The summed E-state index contributed by atoms with van der Waals surface area (Å²) in [7, 11) is -4.09. The van der Waals surface area contributed by atoms with Gasteiger partial charge in [0.2, 0.25) is 0 Å². The van der Waals surface area contributed by atoms with Crippen LogP contribution in [0.4, 0.5) is 0 Å². The predicted octanol–water partition coefficient (Wildman–Crippen LogP) is 6.40. The van der Waals surface area contributed by atoms with Gasteiger partial charge < -0.3 is 0 Å². The van der Waals surface area contributed by atoms with Gasteiger partial charge in [0.1, 0.15) is 0 Å². The topological polar surface area (TPSA) is 0 Å². The van der Waals surface area contributed by atoms with E-state index in [9.17, 15) is 0 Å². The molecule has 122 valence electrons. The van der Waals surface area contributed by atoms with E-state index in [2.05, 4.69) is 98.8 Å². The second-order valence-electron chi connectivity index (χ2n) is 10.9. The minimum atomic E-state index is -1.29. The van der Waals surface area contributed by atoms with E-state index in [0.717, 1.165) is 0 Å². The van der Waals surface area contributed by atoms with Crippen LogP contribution in [0.3, 0.4) is 0 Å². The first-order chi connectivity index (χ1) is 8.40. The normalized spacial score (nSPS) is 15.6. The second-order valence-corrected chi connectivity index (χ2v) is 51.2. The molecule has 0 aromatic heterocycles. The Labute approximate surface area is 149 Å². The molecule has 0 aliphatic heterocycles. The van der Waals surface area contributed by atoms with Crippen molar-refractivity contribution in [3.8, 4) is 0 Å². The van der Waals surface area contributed by atoms with Gasteiger partial charge >= 0.3 is 150 Å². The van der Waals surface area contributed by atoms with Crippen LogP contribution in [0.25, 0.3) is 0 Å². The molecule has 0 heterocycles. The Balaban J connectivity index is 5.81. The Morgan fingerprint density at radius 1 is 0.500 bits per heavy atom. The van der Waals surface area contributed by atoms with Crippen molar-refractivity contribution in [2.75, 3.05) is 0 Å². The van der Waals surface area contributed by atoms with Crippen LogP contribution in [-0.4, -0.2) is 43.3 Å². The third-order valence-electron chi connectivity index (χ3n) is 4.37. The Kier molecular flexibility index (Phi) is 7.69. The van der Waals surface area contributed by atoms with E-state index in [4.69, 9.17) is 0 Å². The van der Waals surface area contributed by atoms with E-state index in [-0.39, 0.29) is 0 Å². The van der Waals surface area contributed by atoms with Crippen molar-refractivity contribution in [3.05, 3.63) is 0 Å². The van der Waals surface area contributed by atoms with Crippen molar-refractivity contribution in [1.29, 1.82) is 0 Å². The van der Waals surface area contributed by atoms with Crippen molar-refractivity contribution >= 4 is 63.6 Å². The van der Waals surface area contributed by atoms with E-state index < -0.39 is 43.3 Å². The van der Waals surface area contributed by atoms with Crippen LogP contribution in [0.1, 0.15) is 0 Å². The first-order valence-corrected chi connectivity index (χ1v) is 32.5. The number of hydrogen-bond donors (Lipinski definition) is 0. The van der Waals surface area contributed by atoms with E-state index in [0.29, 0.717) is 0 Å². The van der Waals surface area contributed by atoms with Crippen LogP contribution in [0.5, 0.6) is 0 Å². The molecule has 0 aromatic carbocycles. The first kappa shape index (κ1) is 22.1. The van der Waals surface area contributed by atoms with E-state index >= 15 is 0 Å². The number of rotatable bonds is 6. The van der Waals surface area contributed by atoms with E-state index in [1.165, 1.54) is 7.99 Å². The Bertz CT molecular complexity index is 260. The Hall–Kier alpha value is 2.14. The van der Waals surface area contributed by atoms with Gasteiger partial charge in [0.25, 0.3) is 0 Å². The molecule has 0 aliphatic rings. The fourth-order valence-corrected chi connectivity index (χ4v) is 129. The van der Waals surface area contributed by atoms with Crippen LogP contribution < -0.4 is 0 Å². The zero-order valence-electron chi connectivity index (χ0n) is 16.1. The van der Waals surface area contributed by atoms with Gasteiger partial charge in [-0.2, -0.15) is 0 Å². The fraction of sp³-hybridized carbons (Fsp3) is 1.00. The van der Waals surface area contributed by atoms with Crippen molar-refractivity contribution in [1.82, 2.24) is 0 Å². The molecule has 0 saturated carbocycles. The summed E-state index contributed by atoms with van der Waals surface area (Å²) in [5.74, 6) is 0. The monoisotopic (exact) mass is 520 g/mol. The summed E-state index contributed by atoms with van der Waals surface area (Å²) in [5, 5.41) is 0. The standard InChI is InChI=1S/C14H39GeISi4/c1-17(2,3)13(18(4,5)6)15(16)14(19(7,8)9)20(10,11)12/h13-15H,1-12H3. The van der Waals surface area contributed by atoms with E-state index in [1.54, 1.807) is 0 Å². The molecular formula is C14H39GeISi4. The van der Waals surface area contributed by atoms with Gasteiger partial charge in [0.05, 0.1) is 0 Å². The molecule has 0 aliphatic carbocycles. The van der Waals surface area contributed by atoms with Crippen LogP contribution in [0, 0.1) is 0 Å². The predicted molar refractivity (Wildman–Crippen MR) is 122 cm³/mol. The first-order valence-electron chi connectivity index (χ1n) is 8.04. The Morgan fingerprint density at radius 2 is 0.650 bits per heavy atom. The number of halogens is 1. The third kappa shape index (κ3) is 6.33. The zero-order valence-corrected chi connectivity index (χ0v) is 24.7. The third-order valence-corrected chi connectivity index (χ3v) is 79.1. The maximum atomic E-state index is 3.09. The summed E-state index contributed by atoms with van der Waals surface area (Å²) in [6.45, 7) is 32.0. The number of hydrogen-bond acceptors (Lipinski definition) is 0. The molecule has 0 unspecified atom stereocenters. The molecule has 0 atom stereocenters. The molecule has 0 aromatic rings. The van der Waals surface area contributed by atoms with E-state index in [1.807, 2.05) is 0 Å². The molecular weight excluding hydrogens is 480 g/mol.